The third-order valence-electron chi connectivity index (χ3n) is 10.9. The number of allylic oxidation sites excluding steroid dienone is 1. The molecule has 4 heteroatoms. The number of carbonyl (C=O) groups is 1. The molecule has 0 aromatic heterocycles. The standard InChI is InChI=1S/C27H44O4/c1-5-6-18-22-15-17(28)11-13-27(22,4)21-12-14-26(3)19(16(2)7-10-23(29)30)8-9-20(26)24(21)25(18)31/h5,16-22,24-25,28,31H,1,6-15H2,2-4H3,(H,29,30)/t16-,17-,18-,19?,20+,21+,22?,24+,25-,26-,27-/m1/s1. The molecule has 0 amide bonds. The average Bonchev–Trinajstić information content (AvgIpc) is 3.07. The van der Waals surface area contributed by atoms with E-state index in [1.54, 1.807) is 0 Å². The molecule has 4 aliphatic rings. The highest BCUT2D eigenvalue weighted by molar-refractivity contribution is 5.66. The maximum Gasteiger partial charge on any atom is 0.303 e. The van der Waals surface area contributed by atoms with Gasteiger partial charge in [-0.2, -0.15) is 0 Å². The van der Waals surface area contributed by atoms with Crippen molar-refractivity contribution in [2.24, 2.45) is 52.3 Å². The highest BCUT2D eigenvalue weighted by Gasteiger charge is 2.64. The van der Waals surface area contributed by atoms with Gasteiger partial charge in [0.05, 0.1) is 12.2 Å². The van der Waals surface area contributed by atoms with E-state index in [-0.39, 0.29) is 35.4 Å². The molecule has 0 saturated heterocycles. The van der Waals surface area contributed by atoms with Crippen molar-refractivity contribution in [3.05, 3.63) is 12.7 Å². The molecule has 0 radical (unpaired) electrons. The zero-order chi connectivity index (χ0) is 22.6. The molecule has 0 aromatic carbocycles. The first kappa shape index (κ1) is 23.3. The summed E-state index contributed by atoms with van der Waals surface area (Å²) in [5.41, 5.74) is 0.404. The summed E-state index contributed by atoms with van der Waals surface area (Å²) in [5.74, 6) is 2.25. The smallest absolute Gasteiger partial charge is 0.303 e. The van der Waals surface area contributed by atoms with Gasteiger partial charge in [-0.15, -0.1) is 6.58 Å². The molecule has 2 unspecified atom stereocenters. The lowest BCUT2D eigenvalue weighted by Gasteiger charge is -2.64. The van der Waals surface area contributed by atoms with Gasteiger partial charge in [-0.1, -0.05) is 26.8 Å². The average molecular weight is 433 g/mol. The highest BCUT2D eigenvalue weighted by Crippen LogP contribution is 2.69. The van der Waals surface area contributed by atoms with Crippen molar-refractivity contribution >= 4 is 5.97 Å². The van der Waals surface area contributed by atoms with Crippen molar-refractivity contribution in [3.63, 3.8) is 0 Å². The molecular formula is C27H44O4. The summed E-state index contributed by atoms with van der Waals surface area (Å²) in [7, 11) is 0. The van der Waals surface area contributed by atoms with Gasteiger partial charge in [-0.25, -0.2) is 0 Å². The van der Waals surface area contributed by atoms with E-state index in [0.717, 1.165) is 32.1 Å². The van der Waals surface area contributed by atoms with Crippen molar-refractivity contribution in [2.45, 2.75) is 97.2 Å². The van der Waals surface area contributed by atoms with E-state index < -0.39 is 5.97 Å². The van der Waals surface area contributed by atoms with Gasteiger partial charge in [0.15, 0.2) is 0 Å². The molecular weight excluding hydrogens is 388 g/mol. The Morgan fingerprint density at radius 1 is 1.06 bits per heavy atom. The molecule has 4 rings (SSSR count). The number of hydrogen-bond donors (Lipinski definition) is 3. The van der Waals surface area contributed by atoms with Crippen molar-refractivity contribution < 1.29 is 20.1 Å². The number of rotatable bonds is 6. The van der Waals surface area contributed by atoms with Crippen LogP contribution in [0.15, 0.2) is 12.7 Å². The van der Waals surface area contributed by atoms with Crippen molar-refractivity contribution in [3.8, 4) is 0 Å². The monoisotopic (exact) mass is 432 g/mol. The van der Waals surface area contributed by atoms with Gasteiger partial charge in [0, 0.05) is 6.42 Å². The molecule has 4 saturated carbocycles. The Morgan fingerprint density at radius 2 is 1.74 bits per heavy atom. The number of hydrogen-bond acceptors (Lipinski definition) is 3. The molecule has 0 aliphatic heterocycles. The normalized spacial score (nSPS) is 50.1. The fourth-order valence-corrected chi connectivity index (χ4v) is 9.46. The molecule has 4 nitrogen and oxygen atoms in total. The van der Waals surface area contributed by atoms with Gasteiger partial charge in [0.1, 0.15) is 0 Å². The summed E-state index contributed by atoms with van der Waals surface area (Å²) >= 11 is 0. The molecule has 176 valence electrons. The zero-order valence-electron chi connectivity index (χ0n) is 19.8. The van der Waals surface area contributed by atoms with Crippen LogP contribution in [0.2, 0.25) is 0 Å². The van der Waals surface area contributed by atoms with E-state index in [1.165, 1.54) is 25.7 Å². The molecule has 0 aromatic rings. The van der Waals surface area contributed by atoms with Crippen molar-refractivity contribution in [2.75, 3.05) is 0 Å². The number of aliphatic hydroxyl groups excluding tert-OH is 2. The SMILES string of the molecule is C=CC[C@@H]1C2C[C@H](O)CC[C@]2(C)[C@H]2CC[C@]3(C)C([C@H](C)CCC(=O)O)CC[C@H]3[C@@H]2[C@@H]1O. The van der Waals surface area contributed by atoms with E-state index >= 15 is 0 Å². The van der Waals surface area contributed by atoms with Crippen LogP contribution in [0.25, 0.3) is 0 Å². The summed E-state index contributed by atoms with van der Waals surface area (Å²) in [4.78, 5) is 11.1. The Hall–Kier alpha value is -0.870. The molecule has 4 aliphatic carbocycles. The first-order valence-corrected chi connectivity index (χ1v) is 12.8. The minimum atomic E-state index is -0.691. The van der Waals surface area contributed by atoms with E-state index in [9.17, 15) is 15.0 Å². The second-order valence-corrected chi connectivity index (χ2v) is 12.1. The number of aliphatic carboxylic acids is 1. The molecule has 4 fully saturated rings. The van der Waals surface area contributed by atoms with Crippen LogP contribution in [-0.4, -0.2) is 33.5 Å². The second-order valence-electron chi connectivity index (χ2n) is 12.1. The first-order valence-electron chi connectivity index (χ1n) is 12.8. The first-order chi connectivity index (χ1) is 14.6. The summed E-state index contributed by atoms with van der Waals surface area (Å²) in [6.45, 7) is 11.2. The van der Waals surface area contributed by atoms with Crippen LogP contribution >= 0.6 is 0 Å². The number of carboxylic acids is 1. The number of carboxylic acid groups (broad SMARTS) is 1. The lowest BCUT2D eigenvalue weighted by Crippen LogP contribution is -2.62. The Bertz CT molecular complexity index is 691. The summed E-state index contributed by atoms with van der Waals surface area (Å²) in [6, 6.07) is 0. The largest absolute Gasteiger partial charge is 0.481 e. The Morgan fingerprint density at radius 3 is 2.42 bits per heavy atom. The summed E-state index contributed by atoms with van der Waals surface area (Å²) in [5, 5.41) is 31.4. The van der Waals surface area contributed by atoms with Gasteiger partial charge in [-0.3, -0.25) is 4.79 Å². The van der Waals surface area contributed by atoms with Gasteiger partial charge in [0.25, 0.3) is 0 Å². The summed E-state index contributed by atoms with van der Waals surface area (Å²) in [6.07, 6.45) is 10.8. The lowest BCUT2D eigenvalue weighted by atomic mass is 9.41. The van der Waals surface area contributed by atoms with Crippen LogP contribution in [0.4, 0.5) is 0 Å². The van der Waals surface area contributed by atoms with Crippen molar-refractivity contribution in [1.82, 2.24) is 0 Å². The van der Waals surface area contributed by atoms with Crippen LogP contribution in [-0.2, 0) is 4.79 Å². The second kappa shape index (κ2) is 8.48. The number of aliphatic hydroxyl groups is 2. The predicted molar refractivity (Wildman–Crippen MR) is 122 cm³/mol. The van der Waals surface area contributed by atoms with Crippen LogP contribution in [0.1, 0.15) is 85.0 Å². The lowest BCUT2D eigenvalue weighted by molar-refractivity contribution is -0.202. The maximum atomic E-state index is 11.8. The van der Waals surface area contributed by atoms with E-state index in [1.807, 2.05) is 6.08 Å². The Kier molecular flexibility index (Phi) is 6.37. The van der Waals surface area contributed by atoms with E-state index in [2.05, 4.69) is 27.4 Å². The minimum absolute atomic E-state index is 0.199. The molecule has 0 spiro atoms. The molecule has 0 heterocycles. The van der Waals surface area contributed by atoms with Gasteiger partial charge >= 0.3 is 5.97 Å². The molecule has 0 bridgehead atoms. The van der Waals surface area contributed by atoms with Gasteiger partial charge < -0.3 is 15.3 Å². The Balaban J connectivity index is 1.63. The van der Waals surface area contributed by atoms with Crippen LogP contribution in [0, 0.1) is 52.3 Å². The molecule has 11 atom stereocenters. The third kappa shape index (κ3) is 3.70. The molecule has 31 heavy (non-hydrogen) atoms. The third-order valence-corrected chi connectivity index (χ3v) is 10.9. The predicted octanol–water partition coefficient (Wildman–Crippen LogP) is 5.28. The van der Waals surface area contributed by atoms with E-state index in [4.69, 9.17) is 5.11 Å². The van der Waals surface area contributed by atoms with Crippen molar-refractivity contribution in [1.29, 1.82) is 0 Å². The van der Waals surface area contributed by atoms with Gasteiger partial charge in [0.2, 0.25) is 0 Å². The topological polar surface area (TPSA) is 77.8 Å². The van der Waals surface area contributed by atoms with Crippen LogP contribution < -0.4 is 0 Å². The highest BCUT2D eigenvalue weighted by atomic mass is 16.4. The fourth-order valence-electron chi connectivity index (χ4n) is 9.46. The quantitative estimate of drug-likeness (QED) is 0.499. The molecule has 3 N–H and O–H groups in total. The maximum absolute atomic E-state index is 11.8. The summed E-state index contributed by atoms with van der Waals surface area (Å²) < 4.78 is 0. The Labute approximate surface area is 188 Å². The fraction of sp³-hybridized carbons (Fsp3) is 0.889. The van der Waals surface area contributed by atoms with Gasteiger partial charge in [-0.05, 0) is 110 Å². The minimum Gasteiger partial charge on any atom is -0.481 e. The van der Waals surface area contributed by atoms with Crippen LogP contribution in [0.5, 0.6) is 0 Å². The van der Waals surface area contributed by atoms with Crippen LogP contribution in [0.3, 0.4) is 0 Å². The number of fused-ring (bicyclic) bond motifs is 5. The van der Waals surface area contributed by atoms with E-state index in [0.29, 0.717) is 35.5 Å². The zero-order valence-corrected chi connectivity index (χ0v) is 19.8.